The van der Waals surface area contributed by atoms with Crippen molar-refractivity contribution in [2.45, 2.75) is 19.0 Å². The quantitative estimate of drug-likeness (QED) is 0.369. The molecule has 0 fully saturated rings. The third-order valence-electron chi connectivity index (χ3n) is 4.54. The van der Waals surface area contributed by atoms with Crippen LogP contribution in [0.2, 0.25) is 0 Å². The van der Waals surface area contributed by atoms with Crippen LogP contribution >= 0.6 is 34.4 Å². The number of ether oxygens (including phenoxy) is 1. The van der Waals surface area contributed by atoms with Gasteiger partial charge in [-0.3, -0.25) is 14.2 Å². The Labute approximate surface area is 178 Å². The van der Waals surface area contributed by atoms with Crippen molar-refractivity contribution in [3.8, 4) is 5.75 Å². The third-order valence-corrected chi connectivity index (χ3v) is 7.61. The number of methoxy groups -OCH3 is 1. The molecule has 0 saturated carbocycles. The second-order valence-corrected chi connectivity index (χ2v) is 9.59. The van der Waals surface area contributed by atoms with Crippen molar-refractivity contribution in [1.29, 1.82) is 0 Å². The Balaban J connectivity index is 1.50. The van der Waals surface area contributed by atoms with Crippen LogP contribution in [0.25, 0.3) is 20.4 Å². The number of thiophene rings is 1. The fraction of sp³-hybridized carbons (Fsp3) is 0.263. The number of anilines is 1. The molecule has 1 N–H and O–H groups in total. The second kappa shape index (κ2) is 7.77. The first kappa shape index (κ1) is 19.9. The summed E-state index contributed by atoms with van der Waals surface area (Å²) < 4.78 is 7.65. The summed E-state index contributed by atoms with van der Waals surface area (Å²) in [5, 5.41) is 4.53. The number of thioether (sulfide) groups is 1. The standard InChI is InChI=1S/C19H18N4O3S3/c1-9-10(2)28-16-15(9)17(25)23(3)19(22-16)27-8-14(24)21-18-20-12-6-5-11(26-4)7-13(12)29-18/h5-7H,8H2,1-4H3,(H,20,21,24). The normalized spacial score (nSPS) is 11.3. The molecule has 0 bridgehead atoms. The number of nitrogens with zero attached hydrogens (tertiary/aromatic N) is 3. The van der Waals surface area contributed by atoms with E-state index in [1.165, 1.54) is 39.0 Å². The lowest BCUT2D eigenvalue weighted by Crippen LogP contribution is -2.21. The van der Waals surface area contributed by atoms with Gasteiger partial charge >= 0.3 is 0 Å². The summed E-state index contributed by atoms with van der Waals surface area (Å²) in [4.78, 5) is 35.9. The molecular weight excluding hydrogens is 428 g/mol. The number of hydrogen-bond donors (Lipinski definition) is 1. The van der Waals surface area contributed by atoms with Crippen LogP contribution in [0, 0.1) is 13.8 Å². The highest BCUT2D eigenvalue weighted by molar-refractivity contribution is 7.99. The monoisotopic (exact) mass is 446 g/mol. The number of aryl methyl sites for hydroxylation is 2. The summed E-state index contributed by atoms with van der Waals surface area (Å²) in [6.45, 7) is 3.92. The highest BCUT2D eigenvalue weighted by Gasteiger charge is 2.16. The minimum atomic E-state index is -0.200. The molecule has 0 aliphatic rings. The molecule has 0 aliphatic heterocycles. The predicted octanol–water partition coefficient (Wildman–Crippen LogP) is 3.96. The number of aromatic nitrogens is 3. The van der Waals surface area contributed by atoms with Crippen molar-refractivity contribution < 1.29 is 9.53 Å². The van der Waals surface area contributed by atoms with E-state index in [0.717, 1.165) is 26.4 Å². The van der Waals surface area contributed by atoms with Crippen LogP contribution in [0.5, 0.6) is 5.75 Å². The zero-order chi connectivity index (χ0) is 20.7. The Bertz CT molecular complexity index is 1310. The van der Waals surface area contributed by atoms with Gasteiger partial charge in [-0.05, 0) is 37.6 Å². The number of fused-ring (bicyclic) bond motifs is 2. The summed E-state index contributed by atoms with van der Waals surface area (Å²) in [7, 11) is 3.29. The largest absolute Gasteiger partial charge is 0.497 e. The van der Waals surface area contributed by atoms with Gasteiger partial charge in [0.25, 0.3) is 5.56 Å². The number of carbonyl (C=O) groups excluding carboxylic acids is 1. The van der Waals surface area contributed by atoms with E-state index in [0.29, 0.717) is 20.5 Å². The van der Waals surface area contributed by atoms with Crippen LogP contribution < -0.4 is 15.6 Å². The summed E-state index contributed by atoms with van der Waals surface area (Å²) in [6, 6.07) is 5.58. The summed E-state index contributed by atoms with van der Waals surface area (Å²) >= 11 is 4.12. The first-order chi connectivity index (χ1) is 13.9. The molecule has 29 heavy (non-hydrogen) atoms. The number of carbonyl (C=O) groups is 1. The van der Waals surface area contributed by atoms with E-state index in [1.54, 1.807) is 14.2 Å². The molecule has 0 atom stereocenters. The molecular formula is C19H18N4O3S3. The molecule has 1 amide bonds. The van der Waals surface area contributed by atoms with Gasteiger partial charge in [0, 0.05) is 11.9 Å². The maximum atomic E-state index is 12.7. The molecule has 150 valence electrons. The van der Waals surface area contributed by atoms with Crippen molar-refractivity contribution in [3.05, 3.63) is 39.0 Å². The van der Waals surface area contributed by atoms with Crippen molar-refractivity contribution in [1.82, 2.24) is 14.5 Å². The highest BCUT2D eigenvalue weighted by atomic mass is 32.2. The van der Waals surface area contributed by atoms with Gasteiger partial charge in [0.1, 0.15) is 10.6 Å². The zero-order valence-electron chi connectivity index (χ0n) is 16.2. The first-order valence-electron chi connectivity index (χ1n) is 8.71. The minimum Gasteiger partial charge on any atom is -0.497 e. The summed E-state index contributed by atoms with van der Waals surface area (Å²) in [5.41, 5.74) is 1.69. The molecule has 0 aliphatic carbocycles. The molecule has 4 rings (SSSR count). The Hall–Kier alpha value is -2.43. The highest BCUT2D eigenvalue weighted by Crippen LogP contribution is 2.30. The van der Waals surface area contributed by atoms with E-state index in [9.17, 15) is 9.59 Å². The lowest BCUT2D eigenvalue weighted by molar-refractivity contribution is -0.113. The van der Waals surface area contributed by atoms with Crippen LogP contribution in [-0.2, 0) is 11.8 Å². The van der Waals surface area contributed by atoms with Gasteiger partial charge in [-0.2, -0.15) is 0 Å². The Morgan fingerprint density at radius 2 is 2.07 bits per heavy atom. The second-order valence-electron chi connectivity index (χ2n) is 6.41. The van der Waals surface area contributed by atoms with E-state index in [1.807, 2.05) is 32.0 Å². The average molecular weight is 447 g/mol. The van der Waals surface area contributed by atoms with Crippen molar-refractivity contribution >= 4 is 65.9 Å². The molecule has 3 aromatic heterocycles. The van der Waals surface area contributed by atoms with Crippen LogP contribution in [0.15, 0.2) is 28.2 Å². The Kier molecular flexibility index (Phi) is 5.32. The molecule has 4 aromatic rings. The van der Waals surface area contributed by atoms with Crippen molar-refractivity contribution in [2.24, 2.45) is 7.05 Å². The van der Waals surface area contributed by atoms with Gasteiger partial charge in [-0.1, -0.05) is 23.1 Å². The molecule has 0 radical (unpaired) electrons. The molecule has 7 nitrogen and oxygen atoms in total. The Morgan fingerprint density at radius 3 is 2.83 bits per heavy atom. The maximum absolute atomic E-state index is 12.7. The van der Waals surface area contributed by atoms with Gasteiger partial charge in [0.15, 0.2) is 10.3 Å². The first-order valence-corrected chi connectivity index (χ1v) is 11.3. The number of amides is 1. The summed E-state index contributed by atoms with van der Waals surface area (Å²) in [5.74, 6) is 0.680. The fourth-order valence-corrected chi connectivity index (χ4v) is 5.61. The molecule has 10 heteroatoms. The third kappa shape index (κ3) is 3.75. The Morgan fingerprint density at radius 1 is 1.28 bits per heavy atom. The number of rotatable bonds is 5. The van der Waals surface area contributed by atoms with E-state index in [2.05, 4.69) is 15.3 Å². The maximum Gasteiger partial charge on any atom is 0.262 e. The van der Waals surface area contributed by atoms with E-state index in [-0.39, 0.29) is 17.2 Å². The number of thiazole rings is 1. The molecule has 0 unspecified atom stereocenters. The minimum absolute atomic E-state index is 0.0834. The zero-order valence-corrected chi connectivity index (χ0v) is 18.7. The molecule has 0 spiro atoms. The molecule has 1 aromatic carbocycles. The lowest BCUT2D eigenvalue weighted by atomic mass is 10.2. The number of nitrogens with one attached hydrogen (secondary N) is 1. The van der Waals surface area contributed by atoms with Gasteiger partial charge in [0.2, 0.25) is 5.91 Å². The lowest BCUT2D eigenvalue weighted by Gasteiger charge is -2.07. The van der Waals surface area contributed by atoms with Gasteiger partial charge in [0.05, 0.1) is 28.5 Å². The molecule has 3 heterocycles. The average Bonchev–Trinajstić information content (AvgIpc) is 3.22. The smallest absolute Gasteiger partial charge is 0.262 e. The SMILES string of the molecule is COc1ccc2nc(NC(=O)CSc3nc4sc(C)c(C)c4c(=O)n3C)sc2c1. The van der Waals surface area contributed by atoms with E-state index < -0.39 is 0 Å². The van der Waals surface area contributed by atoms with E-state index in [4.69, 9.17) is 4.74 Å². The van der Waals surface area contributed by atoms with Gasteiger partial charge < -0.3 is 10.1 Å². The number of benzene rings is 1. The molecule has 0 saturated heterocycles. The van der Waals surface area contributed by atoms with Crippen molar-refractivity contribution in [3.63, 3.8) is 0 Å². The van der Waals surface area contributed by atoms with Crippen LogP contribution in [0.1, 0.15) is 10.4 Å². The topological polar surface area (TPSA) is 86.1 Å². The fourth-order valence-electron chi connectivity index (χ4n) is 2.86. The van der Waals surface area contributed by atoms with E-state index >= 15 is 0 Å². The predicted molar refractivity (Wildman–Crippen MR) is 120 cm³/mol. The van der Waals surface area contributed by atoms with Crippen LogP contribution in [-0.4, -0.2) is 33.3 Å². The number of hydrogen-bond acceptors (Lipinski definition) is 8. The van der Waals surface area contributed by atoms with Crippen molar-refractivity contribution in [2.75, 3.05) is 18.2 Å². The van der Waals surface area contributed by atoms with Crippen LogP contribution in [0.3, 0.4) is 0 Å². The van der Waals surface area contributed by atoms with Gasteiger partial charge in [-0.25, -0.2) is 9.97 Å². The van der Waals surface area contributed by atoms with Crippen LogP contribution in [0.4, 0.5) is 5.13 Å². The summed E-state index contributed by atoms with van der Waals surface area (Å²) in [6.07, 6.45) is 0. The van der Waals surface area contributed by atoms with Gasteiger partial charge in [-0.15, -0.1) is 11.3 Å².